The summed E-state index contributed by atoms with van der Waals surface area (Å²) in [5, 5.41) is 22.8. The maximum Gasteiger partial charge on any atom is 0.490 e. The quantitative estimate of drug-likeness (QED) is 0.0991. The number of hydrogen-bond donors (Lipinski definition) is 2. The average Bonchev–Trinajstić information content (AvgIpc) is 3.12. The second-order valence-electron chi connectivity index (χ2n) is 13.3. The van der Waals surface area contributed by atoms with E-state index in [2.05, 4.69) is 187 Å². The van der Waals surface area contributed by atoms with Crippen LogP contribution in [0.4, 0.5) is 26.3 Å². The molecule has 4 nitrogen and oxygen atoms in total. The molecule has 6 rings (SSSR count). The molecule has 60 heavy (non-hydrogen) atoms. The van der Waals surface area contributed by atoms with Gasteiger partial charge in [0.1, 0.15) is 0 Å². The van der Waals surface area contributed by atoms with Crippen molar-refractivity contribution in [3.63, 3.8) is 0 Å². The Balaban J connectivity index is 0.000000447. The maximum atomic E-state index is 10.6. The molecule has 0 spiro atoms. The van der Waals surface area contributed by atoms with Crippen molar-refractivity contribution >= 4 is 59.6 Å². The van der Waals surface area contributed by atoms with Crippen LogP contribution >= 0.6 is 15.8 Å². The number of alkyl halides is 6. The summed E-state index contributed by atoms with van der Waals surface area (Å²) in [6.45, 7) is 13.0. The summed E-state index contributed by atoms with van der Waals surface area (Å²) in [6, 6.07) is 53.6. The third-order valence-corrected chi connectivity index (χ3v) is 12.8. The van der Waals surface area contributed by atoms with Gasteiger partial charge in [-0.15, -0.1) is 0 Å². The van der Waals surface area contributed by atoms with Crippen LogP contribution in [0.15, 0.2) is 146 Å². The van der Waals surface area contributed by atoms with Crippen molar-refractivity contribution in [1.29, 1.82) is 0 Å². The maximum absolute atomic E-state index is 10.6. The third kappa shape index (κ3) is 17.9. The monoisotopic (exact) mass is 1040 g/mol. The normalized spacial score (nSPS) is 10.6. The van der Waals surface area contributed by atoms with Crippen LogP contribution in [0.3, 0.4) is 0 Å². The van der Waals surface area contributed by atoms with E-state index in [0.29, 0.717) is 0 Å². The minimum atomic E-state index is -5.08. The van der Waals surface area contributed by atoms with Gasteiger partial charge in [-0.25, -0.2) is 9.59 Å². The average molecular weight is 1040 g/mol. The molecule has 0 aliphatic rings. The van der Waals surface area contributed by atoms with Gasteiger partial charge in [-0.3, -0.25) is 0 Å². The topological polar surface area (TPSA) is 74.6 Å². The van der Waals surface area contributed by atoms with Gasteiger partial charge in [-0.2, -0.15) is 26.3 Å². The van der Waals surface area contributed by atoms with Crippen molar-refractivity contribution in [1.82, 2.24) is 0 Å². The molecule has 0 saturated carbocycles. The smallest absolute Gasteiger partial charge is 0.475 e. The first-order chi connectivity index (χ1) is 27.1. The molecule has 0 bridgehead atoms. The van der Waals surface area contributed by atoms with E-state index in [1.54, 1.807) is 0 Å². The van der Waals surface area contributed by atoms with Crippen LogP contribution in [0.5, 0.6) is 0 Å². The van der Waals surface area contributed by atoms with Crippen molar-refractivity contribution in [3.05, 3.63) is 179 Å². The predicted octanol–water partition coefficient (Wildman–Crippen LogP) is 10.0. The zero-order chi connectivity index (χ0) is 43.2. The molecule has 0 amide bonds. The Bertz CT molecular complexity index is 1920. The van der Waals surface area contributed by atoms with Crippen LogP contribution in [-0.2, 0) is 48.5 Å². The van der Waals surface area contributed by atoms with Crippen molar-refractivity contribution < 1.29 is 85.1 Å². The number of aliphatic carboxylic acids is 2. The molecule has 6 aromatic carbocycles. The minimum absolute atomic E-state index is 0. The molecule has 2 radical (unpaired) electrons. The Labute approximate surface area is 375 Å². The Morgan fingerprint density at radius 3 is 0.600 bits per heavy atom. The van der Waals surface area contributed by atoms with E-state index in [4.69, 9.17) is 19.8 Å². The standard InChI is InChI=1S/2C21H21P.2C2HF3O2.2Rh/c2*1-16-7-4-10-19(13-16)22(20-11-5-8-17(2)14-20)21-12-6-9-18(3)15-21;2*3-2(4,5)1(6)7;;/h2*4-15H,1-3H3;2*(H,6,7);;. The molecule has 0 saturated heterocycles. The SMILES string of the molecule is Cc1cccc(P(c2cccc(C)c2)c2cccc(C)c2)c1.Cc1cccc(P(c2cccc(C)c2)c2cccc(C)c2)c1.O=C(O)C(F)(F)F.O=C(O)C(F)(F)F.[Rh].[Rh]. The molecule has 14 heteroatoms. The number of rotatable bonds is 6. The van der Waals surface area contributed by atoms with Gasteiger partial charge in [0.25, 0.3) is 0 Å². The first kappa shape index (κ1) is 54.0. The molecule has 0 aliphatic carbocycles. The molecule has 0 atom stereocenters. The third-order valence-electron chi connectivity index (χ3n) is 8.04. The van der Waals surface area contributed by atoms with Crippen LogP contribution in [0.1, 0.15) is 33.4 Å². The van der Waals surface area contributed by atoms with Crippen molar-refractivity contribution in [2.45, 2.75) is 53.9 Å². The summed E-state index contributed by atoms with van der Waals surface area (Å²) in [5.74, 6) is -5.51. The summed E-state index contributed by atoms with van der Waals surface area (Å²) < 4.78 is 63.5. The molecule has 0 unspecified atom stereocenters. The molecule has 0 aliphatic heterocycles. The minimum Gasteiger partial charge on any atom is -0.475 e. The predicted molar refractivity (Wildman–Crippen MR) is 226 cm³/mol. The fourth-order valence-corrected chi connectivity index (χ4v) is 10.7. The van der Waals surface area contributed by atoms with E-state index < -0.39 is 40.1 Å². The van der Waals surface area contributed by atoms with Crippen LogP contribution in [0.2, 0.25) is 0 Å². The number of aryl methyl sites for hydroxylation is 6. The summed E-state index contributed by atoms with van der Waals surface area (Å²) >= 11 is 0. The molecule has 322 valence electrons. The Kier molecular flexibility index (Phi) is 22.5. The fourth-order valence-electron chi connectivity index (χ4n) is 5.50. The van der Waals surface area contributed by atoms with Gasteiger partial charge < -0.3 is 10.2 Å². The second-order valence-corrected chi connectivity index (χ2v) is 17.8. The fraction of sp³-hybridized carbons (Fsp3) is 0.174. The van der Waals surface area contributed by atoms with Crippen molar-refractivity contribution in [3.8, 4) is 0 Å². The first-order valence-corrected chi connectivity index (χ1v) is 20.4. The van der Waals surface area contributed by atoms with Crippen LogP contribution in [-0.4, -0.2) is 34.5 Å². The molecule has 0 aromatic heterocycles. The molecular formula is C46H44F6O4P2Rh2. The van der Waals surface area contributed by atoms with E-state index in [0.717, 1.165) is 0 Å². The second kappa shape index (κ2) is 25.0. The number of halogens is 6. The summed E-state index contributed by atoms with van der Waals surface area (Å²) in [7, 11) is -0.989. The van der Waals surface area contributed by atoms with E-state index in [9.17, 15) is 26.3 Å². The Hall–Kier alpha value is -4.05. The van der Waals surface area contributed by atoms with Gasteiger partial charge in [-0.1, -0.05) is 179 Å². The molecule has 0 heterocycles. The number of hydrogen-bond acceptors (Lipinski definition) is 2. The van der Waals surface area contributed by atoms with Gasteiger partial charge >= 0.3 is 24.3 Å². The Morgan fingerprint density at radius 2 is 0.500 bits per heavy atom. The molecule has 6 aromatic rings. The van der Waals surface area contributed by atoms with E-state index in [-0.39, 0.29) is 39.0 Å². The number of carboxylic acids is 2. The van der Waals surface area contributed by atoms with E-state index in [1.165, 1.54) is 65.2 Å². The molecular weight excluding hydrogens is 998 g/mol. The van der Waals surface area contributed by atoms with E-state index in [1.807, 2.05) is 0 Å². The van der Waals surface area contributed by atoms with Gasteiger partial charge in [0.05, 0.1) is 0 Å². The van der Waals surface area contributed by atoms with Crippen molar-refractivity contribution in [2.75, 3.05) is 0 Å². The first-order valence-electron chi connectivity index (χ1n) is 17.8. The Morgan fingerprint density at radius 1 is 0.367 bits per heavy atom. The summed E-state index contributed by atoms with van der Waals surface area (Å²) in [4.78, 5) is 17.8. The zero-order valence-electron chi connectivity index (χ0n) is 33.4. The number of benzene rings is 6. The van der Waals surface area contributed by atoms with E-state index >= 15 is 0 Å². The summed E-state index contributed by atoms with van der Waals surface area (Å²) in [6.07, 6.45) is -10.2. The van der Waals surface area contributed by atoms with Crippen molar-refractivity contribution in [2.24, 2.45) is 0 Å². The number of carbonyl (C=O) groups is 2. The summed E-state index contributed by atoms with van der Waals surface area (Å²) in [5.41, 5.74) is 7.95. The number of carboxylic acid groups (broad SMARTS) is 2. The van der Waals surface area contributed by atoms with Crippen LogP contribution in [0.25, 0.3) is 0 Å². The van der Waals surface area contributed by atoms with Gasteiger partial charge in [0.2, 0.25) is 0 Å². The van der Waals surface area contributed by atoms with Crippen LogP contribution < -0.4 is 31.8 Å². The molecule has 0 fully saturated rings. The van der Waals surface area contributed by atoms with Gasteiger partial charge in [0.15, 0.2) is 0 Å². The zero-order valence-corrected chi connectivity index (χ0v) is 38.5. The van der Waals surface area contributed by atoms with Gasteiger partial charge in [-0.05, 0) is 89.2 Å². The van der Waals surface area contributed by atoms with Crippen LogP contribution in [0, 0.1) is 41.5 Å². The largest absolute Gasteiger partial charge is 0.490 e. The van der Waals surface area contributed by atoms with Gasteiger partial charge in [0, 0.05) is 39.0 Å². The molecule has 2 N–H and O–H groups in total.